The van der Waals surface area contributed by atoms with Gasteiger partial charge in [0, 0.05) is 26.7 Å². The van der Waals surface area contributed by atoms with Crippen LogP contribution in [0.2, 0.25) is 0 Å². The fourth-order valence-corrected chi connectivity index (χ4v) is 1.69. The molecule has 0 aromatic rings. The molecular weight excluding hydrogens is 263 g/mol. The maximum absolute atomic E-state index is 12.8. The molecule has 0 saturated heterocycles. The minimum atomic E-state index is -4.54. The summed E-state index contributed by atoms with van der Waals surface area (Å²) in [4.78, 5) is 1.60. The average Bonchev–Trinajstić information content (AvgIpc) is 2.29. The maximum Gasteiger partial charge on any atom is 0.400 e. The molecule has 0 radical (unpaired) electrons. The van der Waals surface area contributed by atoms with Crippen LogP contribution in [0.25, 0.3) is 0 Å². The number of alkyl halides is 3. The van der Waals surface area contributed by atoms with Crippen molar-refractivity contribution in [3.8, 4) is 0 Å². The Balaban J connectivity index is 4.82. The van der Waals surface area contributed by atoms with Crippen LogP contribution < -0.4 is 5.73 Å². The van der Waals surface area contributed by atoms with Crippen molar-refractivity contribution in [1.29, 1.82) is 0 Å². The van der Waals surface area contributed by atoms with Crippen molar-refractivity contribution in [2.24, 2.45) is 22.7 Å². The average molecular weight is 285 g/mol. The first kappa shape index (κ1) is 18.0. The van der Waals surface area contributed by atoms with Crippen molar-refractivity contribution in [1.82, 2.24) is 4.90 Å². The van der Waals surface area contributed by atoms with Gasteiger partial charge >= 0.3 is 6.18 Å². The van der Waals surface area contributed by atoms with Crippen LogP contribution in [0.3, 0.4) is 0 Å². The summed E-state index contributed by atoms with van der Waals surface area (Å²) in [6, 6.07) is 0. The molecular formula is C11H22F3N3O2. The predicted octanol–water partition coefficient (Wildman–Crippen LogP) is 1.52. The Labute approximate surface area is 111 Å². The number of methoxy groups -OCH3 is 1. The number of oxime groups is 1. The molecule has 114 valence electrons. The van der Waals surface area contributed by atoms with Gasteiger partial charge in [0.25, 0.3) is 0 Å². The number of ether oxygens (including phenoxy) is 1. The third kappa shape index (κ3) is 7.22. The Hall–Kier alpha value is -1.02. The number of rotatable bonds is 8. The van der Waals surface area contributed by atoms with Gasteiger partial charge in [-0.2, -0.15) is 13.2 Å². The van der Waals surface area contributed by atoms with Crippen LogP contribution in [0.1, 0.15) is 13.8 Å². The molecule has 0 aliphatic carbocycles. The SMILES string of the molecule is COCCN(CC(C)C)CC(C(N)=NO)C(F)(F)F. The number of nitrogens with two attached hydrogens (primary N) is 1. The summed E-state index contributed by atoms with van der Waals surface area (Å²) in [5.74, 6) is -2.59. The molecule has 5 nitrogen and oxygen atoms in total. The smallest absolute Gasteiger partial charge is 0.400 e. The van der Waals surface area contributed by atoms with E-state index in [4.69, 9.17) is 15.7 Å². The summed E-state index contributed by atoms with van der Waals surface area (Å²) in [5.41, 5.74) is 5.13. The van der Waals surface area contributed by atoms with Crippen LogP contribution >= 0.6 is 0 Å². The Bertz CT molecular complexity index is 283. The quantitative estimate of drug-likeness (QED) is 0.307. The lowest BCUT2D eigenvalue weighted by molar-refractivity contribution is -0.160. The Morgan fingerprint density at radius 2 is 1.95 bits per heavy atom. The monoisotopic (exact) mass is 285 g/mol. The van der Waals surface area contributed by atoms with E-state index in [0.29, 0.717) is 19.7 Å². The van der Waals surface area contributed by atoms with Gasteiger partial charge < -0.3 is 15.7 Å². The summed E-state index contributed by atoms with van der Waals surface area (Å²) in [6.07, 6.45) is -4.54. The van der Waals surface area contributed by atoms with Gasteiger partial charge in [-0.3, -0.25) is 4.90 Å². The lowest BCUT2D eigenvalue weighted by Crippen LogP contribution is -2.46. The van der Waals surface area contributed by atoms with Gasteiger partial charge in [-0.05, 0) is 5.92 Å². The third-order valence-corrected chi connectivity index (χ3v) is 2.54. The van der Waals surface area contributed by atoms with Gasteiger partial charge in [0.1, 0.15) is 5.92 Å². The van der Waals surface area contributed by atoms with Gasteiger partial charge in [-0.1, -0.05) is 19.0 Å². The molecule has 0 bridgehead atoms. The van der Waals surface area contributed by atoms with Crippen molar-refractivity contribution in [3.05, 3.63) is 0 Å². The molecule has 0 saturated carbocycles. The molecule has 3 N–H and O–H groups in total. The standard InChI is InChI=1S/C11H22F3N3O2/c1-8(2)6-17(4-5-19-3)7-9(10(15)16-18)11(12,13)14/h8-9,18H,4-7H2,1-3H3,(H2,15,16). The number of nitrogens with zero attached hydrogens (tertiary/aromatic N) is 2. The normalized spacial score (nSPS) is 15.3. The van der Waals surface area contributed by atoms with Crippen molar-refractivity contribution in [2.45, 2.75) is 20.0 Å². The molecule has 1 unspecified atom stereocenters. The maximum atomic E-state index is 12.8. The molecule has 0 heterocycles. The van der Waals surface area contributed by atoms with E-state index in [-0.39, 0.29) is 12.5 Å². The first-order valence-corrected chi connectivity index (χ1v) is 5.97. The van der Waals surface area contributed by atoms with Crippen molar-refractivity contribution in [2.75, 3.05) is 33.4 Å². The van der Waals surface area contributed by atoms with Gasteiger partial charge in [0.15, 0.2) is 5.84 Å². The molecule has 8 heteroatoms. The first-order chi connectivity index (χ1) is 8.72. The highest BCUT2D eigenvalue weighted by Gasteiger charge is 2.43. The summed E-state index contributed by atoms with van der Waals surface area (Å²) in [6.45, 7) is 4.64. The van der Waals surface area contributed by atoms with Gasteiger partial charge in [-0.25, -0.2) is 0 Å². The first-order valence-electron chi connectivity index (χ1n) is 5.97. The Kier molecular flexibility index (Phi) is 7.77. The van der Waals surface area contributed by atoms with Crippen LogP contribution in [0.4, 0.5) is 13.2 Å². The van der Waals surface area contributed by atoms with Crippen molar-refractivity contribution >= 4 is 5.84 Å². The van der Waals surface area contributed by atoms with Crippen LogP contribution in [0, 0.1) is 11.8 Å². The summed E-state index contributed by atoms with van der Waals surface area (Å²) >= 11 is 0. The fourth-order valence-electron chi connectivity index (χ4n) is 1.69. The van der Waals surface area contributed by atoms with Crippen LogP contribution in [0.5, 0.6) is 0 Å². The van der Waals surface area contributed by atoms with Crippen LogP contribution in [-0.2, 0) is 4.74 Å². The van der Waals surface area contributed by atoms with Gasteiger partial charge in [0.05, 0.1) is 6.61 Å². The lowest BCUT2D eigenvalue weighted by Gasteiger charge is -2.29. The molecule has 0 fully saturated rings. The number of amidine groups is 1. The highest BCUT2D eigenvalue weighted by atomic mass is 19.4. The van der Waals surface area contributed by atoms with E-state index >= 15 is 0 Å². The minimum absolute atomic E-state index is 0.207. The molecule has 19 heavy (non-hydrogen) atoms. The van der Waals surface area contributed by atoms with Crippen LogP contribution in [0.15, 0.2) is 5.16 Å². The molecule has 0 aliphatic rings. The summed E-state index contributed by atoms with van der Waals surface area (Å²) in [7, 11) is 1.48. The molecule has 0 amide bonds. The molecule has 0 spiro atoms. The van der Waals surface area contributed by atoms with E-state index in [1.165, 1.54) is 7.11 Å². The predicted molar refractivity (Wildman–Crippen MR) is 66.1 cm³/mol. The van der Waals surface area contributed by atoms with E-state index in [2.05, 4.69) is 5.16 Å². The van der Waals surface area contributed by atoms with E-state index in [0.717, 1.165) is 0 Å². The Morgan fingerprint density at radius 1 is 1.37 bits per heavy atom. The van der Waals surface area contributed by atoms with E-state index in [9.17, 15) is 13.2 Å². The largest absolute Gasteiger partial charge is 0.409 e. The van der Waals surface area contributed by atoms with E-state index < -0.39 is 17.9 Å². The lowest BCUT2D eigenvalue weighted by atomic mass is 10.1. The second-order valence-electron chi connectivity index (χ2n) is 4.77. The van der Waals surface area contributed by atoms with Crippen molar-refractivity contribution in [3.63, 3.8) is 0 Å². The van der Waals surface area contributed by atoms with E-state index in [1.807, 2.05) is 13.8 Å². The molecule has 0 rings (SSSR count). The minimum Gasteiger partial charge on any atom is -0.409 e. The molecule has 0 aromatic carbocycles. The Morgan fingerprint density at radius 3 is 2.32 bits per heavy atom. The third-order valence-electron chi connectivity index (χ3n) is 2.54. The van der Waals surface area contributed by atoms with E-state index in [1.54, 1.807) is 4.90 Å². The number of halogens is 3. The van der Waals surface area contributed by atoms with Crippen LogP contribution in [-0.4, -0.2) is 55.5 Å². The molecule has 1 atom stereocenters. The zero-order chi connectivity index (χ0) is 15.1. The second-order valence-corrected chi connectivity index (χ2v) is 4.77. The zero-order valence-electron chi connectivity index (χ0n) is 11.4. The van der Waals surface area contributed by atoms with Crippen molar-refractivity contribution < 1.29 is 23.1 Å². The second kappa shape index (κ2) is 8.21. The zero-order valence-corrected chi connectivity index (χ0v) is 11.4. The van der Waals surface area contributed by atoms with Gasteiger partial charge in [0.2, 0.25) is 0 Å². The fraction of sp³-hybridized carbons (Fsp3) is 0.909. The highest BCUT2D eigenvalue weighted by Crippen LogP contribution is 2.27. The summed E-state index contributed by atoms with van der Waals surface area (Å²) < 4.78 is 43.4. The number of hydrogen-bond acceptors (Lipinski definition) is 4. The highest BCUT2D eigenvalue weighted by molar-refractivity contribution is 5.83. The number of hydrogen-bond donors (Lipinski definition) is 2. The summed E-state index contributed by atoms with van der Waals surface area (Å²) in [5, 5.41) is 10.9. The van der Waals surface area contributed by atoms with Gasteiger partial charge in [-0.15, -0.1) is 0 Å². The molecule has 0 aromatic heterocycles. The topological polar surface area (TPSA) is 71.1 Å². The molecule has 0 aliphatic heterocycles.